The smallest absolute Gasteiger partial charge is 0.338 e. The number of hydrogen-bond donors (Lipinski definition) is 0. The Labute approximate surface area is 224 Å². The molecule has 0 bridgehead atoms. The first-order chi connectivity index (χ1) is 17.9. The number of thiazole rings is 1. The van der Waals surface area contributed by atoms with E-state index in [1.807, 2.05) is 18.2 Å². The molecular formula is C29H30N2O6S. The van der Waals surface area contributed by atoms with Gasteiger partial charge in [0.25, 0.3) is 5.56 Å². The lowest BCUT2D eigenvalue weighted by atomic mass is 9.87. The number of carbonyl (C=O) groups excluding carboxylic acids is 2. The molecule has 38 heavy (non-hydrogen) atoms. The van der Waals surface area contributed by atoms with Gasteiger partial charge >= 0.3 is 11.9 Å². The van der Waals surface area contributed by atoms with Crippen LogP contribution in [0.25, 0.3) is 6.08 Å². The van der Waals surface area contributed by atoms with E-state index in [1.54, 1.807) is 25.1 Å². The van der Waals surface area contributed by atoms with Gasteiger partial charge in [0, 0.05) is 6.92 Å². The summed E-state index contributed by atoms with van der Waals surface area (Å²) in [6.45, 7) is 9.45. The summed E-state index contributed by atoms with van der Waals surface area (Å²) < 4.78 is 17.7. The fraction of sp³-hybridized carbons (Fsp3) is 0.310. The number of esters is 2. The van der Waals surface area contributed by atoms with Crippen molar-refractivity contribution in [2.24, 2.45) is 4.99 Å². The second kappa shape index (κ2) is 10.4. The first-order valence-electron chi connectivity index (χ1n) is 12.0. The summed E-state index contributed by atoms with van der Waals surface area (Å²) in [6, 6.07) is 12.2. The van der Waals surface area contributed by atoms with Crippen molar-refractivity contribution < 1.29 is 23.8 Å². The van der Waals surface area contributed by atoms with Crippen molar-refractivity contribution in [3.05, 3.63) is 90.1 Å². The Morgan fingerprint density at radius 2 is 1.74 bits per heavy atom. The maximum Gasteiger partial charge on any atom is 0.338 e. The van der Waals surface area contributed by atoms with Gasteiger partial charge in [-0.15, -0.1) is 0 Å². The Hall–Kier alpha value is -3.98. The molecule has 1 aromatic heterocycles. The van der Waals surface area contributed by atoms with Crippen LogP contribution in [0.1, 0.15) is 57.4 Å². The third-order valence-corrected chi connectivity index (χ3v) is 7.24. The zero-order valence-electron chi connectivity index (χ0n) is 22.4. The van der Waals surface area contributed by atoms with Crippen LogP contribution in [-0.2, 0) is 19.7 Å². The molecule has 0 fully saturated rings. The molecule has 0 saturated heterocycles. The second-order valence-electron chi connectivity index (χ2n) is 9.95. The van der Waals surface area contributed by atoms with Crippen molar-refractivity contribution in [2.45, 2.75) is 46.1 Å². The van der Waals surface area contributed by atoms with Gasteiger partial charge in [-0.25, -0.2) is 9.79 Å². The molecule has 0 aliphatic carbocycles. The first kappa shape index (κ1) is 27.1. The van der Waals surface area contributed by atoms with Crippen LogP contribution in [0.2, 0.25) is 0 Å². The molecule has 1 atom stereocenters. The van der Waals surface area contributed by atoms with Crippen LogP contribution in [-0.4, -0.2) is 30.7 Å². The summed E-state index contributed by atoms with van der Waals surface area (Å²) in [5.74, 6) is -0.565. The predicted molar refractivity (Wildman–Crippen MR) is 145 cm³/mol. The van der Waals surface area contributed by atoms with Crippen LogP contribution in [0.5, 0.6) is 11.5 Å². The molecule has 3 aromatic rings. The topological polar surface area (TPSA) is 96.2 Å². The maximum atomic E-state index is 13.8. The molecule has 0 unspecified atom stereocenters. The SMILES string of the molecule is COC(=O)C1=C(C)N=c2s/c(=C/c3ccc(C(C)(C)C)cc3)c(=O)n2[C@@H]1c1ccc(OC(C)=O)c(OC)c1. The van der Waals surface area contributed by atoms with Crippen molar-refractivity contribution in [2.75, 3.05) is 14.2 Å². The number of methoxy groups -OCH3 is 2. The second-order valence-corrected chi connectivity index (χ2v) is 11.0. The maximum absolute atomic E-state index is 13.8. The Bertz CT molecular complexity index is 1620. The highest BCUT2D eigenvalue weighted by molar-refractivity contribution is 7.07. The van der Waals surface area contributed by atoms with E-state index < -0.39 is 18.0 Å². The molecule has 4 rings (SSSR count). The molecule has 2 heterocycles. The van der Waals surface area contributed by atoms with E-state index in [1.165, 1.54) is 42.6 Å². The minimum atomic E-state index is -0.815. The van der Waals surface area contributed by atoms with E-state index in [0.717, 1.165) is 5.56 Å². The Kier molecular flexibility index (Phi) is 7.42. The molecule has 0 amide bonds. The van der Waals surface area contributed by atoms with Gasteiger partial charge in [-0.05, 0) is 47.2 Å². The number of rotatable bonds is 5. The highest BCUT2D eigenvalue weighted by atomic mass is 32.1. The summed E-state index contributed by atoms with van der Waals surface area (Å²) in [6.07, 6.45) is 1.83. The van der Waals surface area contributed by atoms with Crippen LogP contribution in [0, 0.1) is 0 Å². The number of carbonyl (C=O) groups is 2. The molecule has 0 N–H and O–H groups in total. The van der Waals surface area contributed by atoms with Gasteiger partial charge in [0.1, 0.15) is 0 Å². The molecule has 0 radical (unpaired) electrons. The highest BCUT2D eigenvalue weighted by Crippen LogP contribution is 2.36. The Morgan fingerprint density at radius 1 is 1.05 bits per heavy atom. The zero-order valence-corrected chi connectivity index (χ0v) is 23.3. The van der Waals surface area contributed by atoms with Crippen molar-refractivity contribution >= 4 is 29.4 Å². The molecule has 8 nitrogen and oxygen atoms in total. The number of aromatic nitrogens is 1. The van der Waals surface area contributed by atoms with Crippen molar-refractivity contribution in [3.63, 3.8) is 0 Å². The predicted octanol–water partition coefficient (Wildman–Crippen LogP) is 3.64. The third-order valence-electron chi connectivity index (χ3n) is 6.26. The number of nitrogens with zero attached hydrogens (tertiary/aromatic N) is 2. The molecular weight excluding hydrogens is 504 g/mol. The van der Waals surface area contributed by atoms with Crippen LogP contribution < -0.4 is 24.4 Å². The van der Waals surface area contributed by atoms with Gasteiger partial charge in [-0.3, -0.25) is 14.2 Å². The summed E-state index contributed by atoms with van der Waals surface area (Å²) in [7, 11) is 2.74. The van der Waals surface area contributed by atoms with Crippen LogP contribution in [0.4, 0.5) is 0 Å². The fourth-order valence-electron chi connectivity index (χ4n) is 4.33. The lowest BCUT2D eigenvalue weighted by Crippen LogP contribution is -2.39. The van der Waals surface area contributed by atoms with Gasteiger partial charge in [0.2, 0.25) is 0 Å². The molecule has 0 spiro atoms. The minimum Gasteiger partial charge on any atom is -0.493 e. The fourth-order valence-corrected chi connectivity index (χ4v) is 5.38. The number of allylic oxidation sites excluding steroid dienone is 1. The normalized spacial score (nSPS) is 15.6. The number of ether oxygens (including phenoxy) is 3. The Morgan fingerprint density at radius 3 is 2.32 bits per heavy atom. The quantitative estimate of drug-likeness (QED) is 0.366. The van der Waals surface area contributed by atoms with E-state index in [2.05, 4.69) is 37.9 Å². The average Bonchev–Trinajstić information content (AvgIpc) is 3.16. The van der Waals surface area contributed by atoms with E-state index in [4.69, 9.17) is 14.2 Å². The molecule has 1 aliphatic heterocycles. The third kappa shape index (κ3) is 5.19. The zero-order chi connectivity index (χ0) is 27.8. The van der Waals surface area contributed by atoms with Gasteiger partial charge in [-0.2, -0.15) is 0 Å². The first-order valence-corrected chi connectivity index (χ1v) is 12.8. The number of hydrogen-bond acceptors (Lipinski definition) is 8. The van der Waals surface area contributed by atoms with E-state index in [-0.39, 0.29) is 28.0 Å². The summed E-state index contributed by atoms with van der Waals surface area (Å²) in [4.78, 5) is 43.2. The van der Waals surface area contributed by atoms with Gasteiger partial charge < -0.3 is 14.2 Å². The summed E-state index contributed by atoms with van der Waals surface area (Å²) in [5.41, 5.74) is 3.09. The minimum absolute atomic E-state index is 0.0196. The average molecular weight is 535 g/mol. The lowest BCUT2D eigenvalue weighted by Gasteiger charge is -2.25. The summed E-state index contributed by atoms with van der Waals surface area (Å²) in [5, 5.41) is 0. The van der Waals surface area contributed by atoms with Crippen molar-refractivity contribution in [3.8, 4) is 11.5 Å². The molecule has 198 valence electrons. The lowest BCUT2D eigenvalue weighted by molar-refractivity contribution is -0.136. The van der Waals surface area contributed by atoms with Crippen LogP contribution >= 0.6 is 11.3 Å². The van der Waals surface area contributed by atoms with Crippen LogP contribution in [0.15, 0.2) is 63.5 Å². The summed E-state index contributed by atoms with van der Waals surface area (Å²) >= 11 is 1.25. The van der Waals surface area contributed by atoms with Crippen LogP contribution in [0.3, 0.4) is 0 Å². The van der Waals surface area contributed by atoms with Gasteiger partial charge in [0.15, 0.2) is 16.3 Å². The highest BCUT2D eigenvalue weighted by Gasteiger charge is 2.33. The standard InChI is InChI=1S/C29H30N2O6S/c1-16-24(27(34)36-7)25(19-10-13-21(37-17(2)32)22(15-19)35-6)31-26(33)23(38-28(31)30-16)14-18-8-11-20(12-9-18)29(3,4)5/h8-15,25H,1-7H3/b23-14+/t25-/m1/s1. The Balaban J connectivity index is 1.90. The molecule has 9 heteroatoms. The molecule has 1 aliphatic rings. The van der Waals surface area contributed by atoms with Gasteiger partial charge in [-0.1, -0.05) is 62.4 Å². The molecule has 0 saturated carbocycles. The number of benzene rings is 2. The van der Waals surface area contributed by atoms with Crippen molar-refractivity contribution in [1.29, 1.82) is 0 Å². The van der Waals surface area contributed by atoms with E-state index in [0.29, 0.717) is 20.6 Å². The van der Waals surface area contributed by atoms with Gasteiger partial charge in [0.05, 0.1) is 36.1 Å². The molecule has 2 aromatic carbocycles. The monoisotopic (exact) mass is 534 g/mol. The van der Waals surface area contributed by atoms with Crippen molar-refractivity contribution in [1.82, 2.24) is 4.57 Å². The van der Waals surface area contributed by atoms with E-state index >= 15 is 0 Å². The van der Waals surface area contributed by atoms with E-state index in [9.17, 15) is 14.4 Å². The number of fused-ring (bicyclic) bond motifs is 1. The largest absolute Gasteiger partial charge is 0.493 e.